The number of rotatable bonds is 8. The number of H-pyrrole nitrogens is 1. The van der Waals surface area contributed by atoms with Crippen LogP contribution >= 0.6 is 0 Å². The second-order valence-electron chi connectivity index (χ2n) is 10.7. The number of nitrogens with zero attached hydrogens (tertiary/aromatic N) is 5. The van der Waals surface area contributed by atoms with Gasteiger partial charge in [-0.25, -0.2) is 19.3 Å². The molecule has 3 aromatic rings. The Bertz CT molecular complexity index is 1600. The molecule has 2 aromatic carbocycles. The van der Waals surface area contributed by atoms with Crippen molar-refractivity contribution in [1.29, 1.82) is 5.26 Å². The number of benzene rings is 2. The van der Waals surface area contributed by atoms with E-state index in [9.17, 15) is 28.0 Å². The minimum absolute atomic E-state index is 0.0134. The standard InChI is InChI=1S/C29H31F3N6O3/c1-6-7-13-38(3,4)17-20-14-19(16-33)11-12-23(20)25-24(26(39)41-5)18(2)36(27-34-35-28(40)37(25)27)22-10-8-9-21(15-22)29(30,31)32/h8-12,14-15,25H,6-7,13,17H2,1-5H3/p+1/t25-/m1/s1. The lowest BCUT2D eigenvalue weighted by Gasteiger charge is -2.37. The van der Waals surface area contributed by atoms with E-state index in [1.54, 1.807) is 25.1 Å². The molecule has 0 amide bonds. The van der Waals surface area contributed by atoms with Gasteiger partial charge in [-0.2, -0.15) is 18.4 Å². The van der Waals surface area contributed by atoms with E-state index in [2.05, 4.69) is 37.3 Å². The smallest absolute Gasteiger partial charge is 0.416 e. The molecular weight excluding hydrogens is 537 g/mol. The van der Waals surface area contributed by atoms with Crippen LogP contribution in [-0.4, -0.2) is 53.0 Å². The molecule has 1 aromatic heterocycles. The Hall–Kier alpha value is -4.37. The van der Waals surface area contributed by atoms with E-state index in [1.807, 2.05) is 0 Å². The first-order valence-corrected chi connectivity index (χ1v) is 13.1. The quantitative estimate of drug-likeness (QED) is 0.302. The van der Waals surface area contributed by atoms with Gasteiger partial charge in [-0.15, -0.1) is 5.10 Å². The number of anilines is 2. The van der Waals surface area contributed by atoms with E-state index in [0.717, 1.165) is 37.1 Å². The molecule has 0 aliphatic carbocycles. The van der Waals surface area contributed by atoms with Crippen LogP contribution in [0.25, 0.3) is 0 Å². The van der Waals surface area contributed by atoms with Crippen LogP contribution in [0.5, 0.6) is 0 Å². The van der Waals surface area contributed by atoms with Crippen molar-refractivity contribution < 1.29 is 27.2 Å². The number of aromatic nitrogens is 3. The molecule has 0 saturated carbocycles. The third-order valence-corrected chi connectivity index (χ3v) is 7.26. The van der Waals surface area contributed by atoms with Crippen LogP contribution in [0.1, 0.15) is 55.0 Å². The molecule has 12 heteroatoms. The average molecular weight is 570 g/mol. The van der Waals surface area contributed by atoms with Gasteiger partial charge in [0.15, 0.2) is 0 Å². The van der Waals surface area contributed by atoms with Gasteiger partial charge in [0.1, 0.15) is 12.6 Å². The van der Waals surface area contributed by atoms with Gasteiger partial charge < -0.3 is 9.22 Å². The van der Waals surface area contributed by atoms with Crippen LogP contribution in [-0.2, 0) is 22.3 Å². The number of nitrogens with one attached hydrogen (secondary N) is 1. The molecule has 0 bridgehead atoms. The Kier molecular flexibility index (Phi) is 8.12. The molecule has 0 spiro atoms. The number of hydrogen-bond acceptors (Lipinski definition) is 6. The minimum Gasteiger partial charge on any atom is -0.466 e. The number of halogens is 3. The number of carbonyl (C=O) groups is 1. The second-order valence-corrected chi connectivity index (χ2v) is 10.7. The number of nitriles is 1. The van der Waals surface area contributed by atoms with E-state index in [1.165, 1.54) is 28.7 Å². The van der Waals surface area contributed by atoms with Crippen molar-refractivity contribution in [1.82, 2.24) is 14.8 Å². The zero-order valence-corrected chi connectivity index (χ0v) is 23.5. The highest BCUT2D eigenvalue weighted by Crippen LogP contribution is 2.43. The molecule has 1 atom stereocenters. The van der Waals surface area contributed by atoms with E-state index < -0.39 is 29.4 Å². The van der Waals surface area contributed by atoms with E-state index in [4.69, 9.17) is 4.74 Å². The summed E-state index contributed by atoms with van der Waals surface area (Å²) in [5.41, 5.74) is 0.571. The third kappa shape index (κ3) is 5.76. The fraction of sp³-hybridized carbons (Fsp3) is 0.379. The predicted molar refractivity (Wildman–Crippen MR) is 146 cm³/mol. The summed E-state index contributed by atoms with van der Waals surface area (Å²) in [6.07, 6.45) is -2.63. The maximum absolute atomic E-state index is 13.6. The van der Waals surface area contributed by atoms with Gasteiger partial charge in [0.05, 0.1) is 50.5 Å². The number of hydrogen-bond donors (Lipinski definition) is 1. The van der Waals surface area contributed by atoms with Gasteiger partial charge in [-0.05, 0) is 49.2 Å². The van der Waals surface area contributed by atoms with Gasteiger partial charge in [-0.1, -0.05) is 25.5 Å². The Labute approximate surface area is 235 Å². The summed E-state index contributed by atoms with van der Waals surface area (Å²) < 4.78 is 47.7. The van der Waals surface area contributed by atoms with E-state index in [0.29, 0.717) is 22.2 Å². The lowest BCUT2D eigenvalue weighted by Crippen LogP contribution is -2.41. The van der Waals surface area contributed by atoms with E-state index >= 15 is 0 Å². The van der Waals surface area contributed by atoms with Crippen molar-refractivity contribution in [2.45, 2.75) is 45.5 Å². The molecule has 4 rings (SSSR count). The number of fused-ring (bicyclic) bond motifs is 1. The van der Waals surface area contributed by atoms with Gasteiger partial charge >= 0.3 is 17.8 Å². The molecule has 1 N–H and O–H groups in total. The number of ether oxygens (including phenoxy) is 1. The van der Waals surface area contributed by atoms with E-state index in [-0.39, 0.29) is 22.9 Å². The molecule has 1 aliphatic heterocycles. The first kappa shape index (κ1) is 29.6. The number of methoxy groups -OCH3 is 1. The second kappa shape index (κ2) is 11.2. The van der Waals surface area contributed by atoms with Crippen LogP contribution in [0.2, 0.25) is 0 Å². The van der Waals surface area contributed by atoms with Crippen molar-refractivity contribution in [2.75, 3.05) is 32.6 Å². The van der Waals surface area contributed by atoms with Gasteiger partial charge in [0, 0.05) is 16.9 Å². The SMILES string of the molecule is CCCC[N+](C)(C)Cc1cc(C#N)ccc1[C@@H]1C(C(=O)OC)=C(C)N(c2cccc(C(F)(F)F)c2)c2n[nH]c(=O)n21. The zero-order valence-electron chi connectivity index (χ0n) is 23.5. The number of allylic oxidation sites excluding steroid dienone is 1. The highest BCUT2D eigenvalue weighted by atomic mass is 19.4. The highest BCUT2D eigenvalue weighted by Gasteiger charge is 2.41. The Morgan fingerprint density at radius 2 is 1.95 bits per heavy atom. The molecule has 41 heavy (non-hydrogen) atoms. The summed E-state index contributed by atoms with van der Waals surface area (Å²) in [6, 6.07) is 10.8. The van der Waals surface area contributed by atoms with Crippen LogP contribution in [0.4, 0.5) is 24.8 Å². The van der Waals surface area contributed by atoms with Crippen molar-refractivity contribution in [3.05, 3.63) is 86.5 Å². The summed E-state index contributed by atoms with van der Waals surface area (Å²) >= 11 is 0. The molecule has 2 heterocycles. The molecule has 216 valence electrons. The summed E-state index contributed by atoms with van der Waals surface area (Å²) in [5, 5.41) is 16.2. The predicted octanol–water partition coefficient (Wildman–Crippen LogP) is 5.03. The molecular formula is C29H32F3N6O3+. The van der Waals surface area contributed by atoms with Crippen molar-refractivity contribution in [3.63, 3.8) is 0 Å². The molecule has 9 nitrogen and oxygen atoms in total. The number of esters is 1. The molecule has 0 unspecified atom stereocenters. The molecule has 1 aliphatic rings. The number of quaternary nitrogens is 1. The lowest BCUT2D eigenvalue weighted by molar-refractivity contribution is -0.903. The largest absolute Gasteiger partial charge is 0.466 e. The topological polar surface area (TPSA) is 104 Å². The van der Waals surface area contributed by atoms with Crippen LogP contribution in [0.3, 0.4) is 0 Å². The van der Waals surface area contributed by atoms with Gasteiger partial charge in [0.2, 0.25) is 5.95 Å². The summed E-state index contributed by atoms with van der Waals surface area (Å²) in [7, 11) is 5.32. The number of unbranched alkanes of at least 4 members (excludes halogenated alkanes) is 1. The maximum Gasteiger partial charge on any atom is 0.416 e. The molecule has 0 saturated heterocycles. The summed E-state index contributed by atoms with van der Waals surface area (Å²) in [4.78, 5) is 28.0. The third-order valence-electron chi connectivity index (χ3n) is 7.26. The van der Waals surface area contributed by atoms with Gasteiger partial charge in [0.25, 0.3) is 0 Å². The number of alkyl halides is 3. The Morgan fingerprint density at radius 1 is 1.22 bits per heavy atom. The maximum atomic E-state index is 13.6. The van der Waals surface area contributed by atoms with Crippen molar-refractivity contribution >= 4 is 17.6 Å². The fourth-order valence-electron chi connectivity index (χ4n) is 5.28. The normalized spacial score (nSPS) is 15.5. The van der Waals surface area contributed by atoms with Crippen LogP contribution < -0.4 is 10.6 Å². The average Bonchev–Trinajstić information content (AvgIpc) is 3.30. The summed E-state index contributed by atoms with van der Waals surface area (Å²) in [5.74, 6) is -0.738. The highest BCUT2D eigenvalue weighted by molar-refractivity contribution is 5.93. The number of carbonyl (C=O) groups excluding carboxylic acids is 1. The summed E-state index contributed by atoms with van der Waals surface area (Å²) in [6.45, 7) is 5.03. The lowest BCUT2D eigenvalue weighted by atomic mass is 9.89. The minimum atomic E-state index is -4.61. The first-order chi connectivity index (χ1) is 19.3. The molecule has 0 radical (unpaired) electrons. The Balaban J connectivity index is 1.99. The van der Waals surface area contributed by atoms with Crippen LogP contribution in [0, 0.1) is 11.3 Å². The van der Waals surface area contributed by atoms with Gasteiger partial charge in [-0.3, -0.25) is 4.90 Å². The fourth-order valence-corrected chi connectivity index (χ4v) is 5.28. The number of aromatic amines is 1. The zero-order chi connectivity index (χ0) is 30.1. The van der Waals surface area contributed by atoms with Crippen LogP contribution in [0.15, 0.2) is 58.5 Å². The first-order valence-electron chi connectivity index (χ1n) is 13.1. The monoisotopic (exact) mass is 569 g/mol. The Morgan fingerprint density at radius 3 is 2.59 bits per heavy atom. The van der Waals surface area contributed by atoms with Crippen molar-refractivity contribution in [3.8, 4) is 6.07 Å². The van der Waals surface area contributed by atoms with Crippen molar-refractivity contribution in [2.24, 2.45) is 0 Å². The molecule has 0 fully saturated rings.